The van der Waals surface area contributed by atoms with Crippen LogP contribution in [0.25, 0.3) is 0 Å². The first-order valence-corrected chi connectivity index (χ1v) is 9.38. The number of amides is 3. The number of halogens is 2. The molecule has 0 radical (unpaired) electrons. The third kappa shape index (κ3) is 4.25. The fraction of sp³-hybridized carbons (Fsp3) is 0.444. The summed E-state index contributed by atoms with van der Waals surface area (Å²) in [6.07, 6.45) is 3.16. The average Bonchev–Trinajstić information content (AvgIpc) is 2.89. The van der Waals surface area contributed by atoms with Crippen molar-refractivity contribution >= 4 is 52.6 Å². The van der Waals surface area contributed by atoms with E-state index in [2.05, 4.69) is 5.32 Å². The number of esters is 1. The fourth-order valence-corrected chi connectivity index (χ4v) is 3.84. The summed E-state index contributed by atoms with van der Waals surface area (Å²) < 4.78 is 4.88. The van der Waals surface area contributed by atoms with Gasteiger partial charge in [0.05, 0.1) is 27.6 Å². The van der Waals surface area contributed by atoms with Crippen LogP contribution in [0.1, 0.15) is 25.7 Å². The number of hydrogen-bond donors (Lipinski definition) is 1. The highest BCUT2D eigenvalue weighted by Crippen LogP contribution is 2.37. The van der Waals surface area contributed by atoms with Crippen LogP contribution < -0.4 is 5.32 Å². The number of nitrogens with one attached hydrogen (secondary N) is 1. The van der Waals surface area contributed by atoms with Crippen LogP contribution in [0.4, 0.5) is 5.69 Å². The third-order valence-electron chi connectivity index (χ3n) is 4.81. The van der Waals surface area contributed by atoms with Crippen LogP contribution in [0.2, 0.25) is 10.0 Å². The number of benzene rings is 1. The molecule has 2 aliphatic rings. The molecule has 0 unspecified atom stereocenters. The number of nitrogens with zero attached hydrogens (tertiary/aromatic N) is 1. The summed E-state index contributed by atoms with van der Waals surface area (Å²) in [7, 11) is 0. The molecule has 1 heterocycles. The maximum absolute atomic E-state index is 12.3. The van der Waals surface area contributed by atoms with Crippen molar-refractivity contribution < 1.29 is 23.9 Å². The highest BCUT2D eigenvalue weighted by atomic mass is 35.5. The quantitative estimate of drug-likeness (QED) is 0.592. The number of fused-ring (bicyclic) bond motifs is 1. The second kappa shape index (κ2) is 8.27. The van der Waals surface area contributed by atoms with E-state index in [-0.39, 0.29) is 33.7 Å². The van der Waals surface area contributed by atoms with Gasteiger partial charge in [-0.1, -0.05) is 42.1 Å². The summed E-state index contributed by atoms with van der Waals surface area (Å²) in [5.41, 5.74) is 0.291. The van der Waals surface area contributed by atoms with E-state index in [1.54, 1.807) is 18.2 Å². The Kier molecular flexibility index (Phi) is 6.01. The molecule has 27 heavy (non-hydrogen) atoms. The molecule has 3 rings (SSSR count). The maximum Gasteiger partial charge on any atom is 0.326 e. The second-order valence-electron chi connectivity index (χ2n) is 6.57. The van der Waals surface area contributed by atoms with Gasteiger partial charge in [-0.2, -0.15) is 0 Å². The molecule has 1 aromatic rings. The number of ether oxygens (including phenoxy) is 1. The first-order chi connectivity index (χ1) is 12.9. The van der Waals surface area contributed by atoms with Gasteiger partial charge in [-0.25, -0.2) is 0 Å². The largest absolute Gasteiger partial charge is 0.454 e. The van der Waals surface area contributed by atoms with Gasteiger partial charge in [0.25, 0.3) is 5.91 Å². The average molecular weight is 413 g/mol. The Labute approximate surface area is 165 Å². The van der Waals surface area contributed by atoms with Crippen molar-refractivity contribution in [1.82, 2.24) is 4.90 Å². The lowest BCUT2D eigenvalue weighted by Crippen LogP contribution is -2.37. The smallest absolute Gasteiger partial charge is 0.326 e. The Balaban J connectivity index is 1.51. The van der Waals surface area contributed by atoms with Crippen LogP contribution in [0.3, 0.4) is 0 Å². The van der Waals surface area contributed by atoms with E-state index in [9.17, 15) is 19.2 Å². The summed E-state index contributed by atoms with van der Waals surface area (Å²) >= 11 is 11.8. The van der Waals surface area contributed by atoms with Gasteiger partial charge in [0.1, 0.15) is 6.54 Å². The van der Waals surface area contributed by atoms with Gasteiger partial charge in [-0.15, -0.1) is 0 Å². The summed E-state index contributed by atoms with van der Waals surface area (Å²) in [5, 5.41) is 2.93. The summed E-state index contributed by atoms with van der Waals surface area (Å²) in [6.45, 7) is -1.04. The molecule has 0 aromatic heterocycles. The van der Waals surface area contributed by atoms with Crippen molar-refractivity contribution in [3.8, 4) is 0 Å². The van der Waals surface area contributed by atoms with Crippen molar-refractivity contribution in [1.29, 1.82) is 0 Å². The molecule has 9 heteroatoms. The minimum atomic E-state index is -0.817. The lowest BCUT2D eigenvalue weighted by molar-refractivity contribution is -0.154. The van der Waals surface area contributed by atoms with Crippen LogP contribution >= 0.6 is 23.2 Å². The van der Waals surface area contributed by atoms with Gasteiger partial charge in [-0.05, 0) is 25.0 Å². The van der Waals surface area contributed by atoms with Crippen molar-refractivity contribution in [2.75, 3.05) is 18.5 Å². The Morgan fingerprint density at radius 2 is 1.74 bits per heavy atom. The molecular weight excluding hydrogens is 395 g/mol. The zero-order valence-corrected chi connectivity index (χ0v) is 15.9. The molecule has 1 aliphatic heterocycles. The molecule has 2 atom stereocenters. The monoisotopic (exact) mass is 412 g/mol. The number of carbonyl (C=O) groups is 4. The second-order valence-corrected chi connectivity index (χ2v) is 7.36. The molecular formula is C18H18Cl2N2O5. The Bertz CT molecular complexity index is 774. The molecule has 1 aliphatic carbocycles. The predicted molar refractivity (Wildman–Crippen MR) is 98.2 cm³/mol. The Morgan fingerprint density at radius 3 is 2.37 bits per heavy atom. The molecule has 0 spiro atoms. The Morgan fingerprint density at radius 1 is 1.11 bits per heavy atom. The molecule has 1 saturated carbocycles. The molecule has 7 nitrogen and oxygen atoms in total. The summed E-state index contributed by atoms with van der Waals surface area (Å²) in [6, 6.07) is 4.73. The first-order valence-electron chi connectivity index (χ1n) is 8.63. The first kappa shape index (κ1) is 19.6. The number of carbonyl (C=O) groups excluding carboxylic acids is 4. The topological polar surface area (TPSA) is 92.8 Å². The molecule has 0 bridgehead atoms. The van der Waals surface area contributed by atoms with E-state index >= 15 is 0 Å². The van der Waals surface area contributed by atoms with E-state index < -0.39 is 25.0 Å². The SMILES string of the molecule is O=C(COC(=O)CN1C(=O)[C@@H]2CCCC[C@H]2C1=O)Nc1cccc(Cl)c1Cl. The standard InChI is InChI=1S/C18H18Cl2N2O5/c19-12-6-3-7-13(16(12)20)21-14(23)9-27-15(24)8-22-17(25)10-4-1-2-5-11(10)18(22)26/h3,6-7,10-11H,1-2,4-5,8-9H2,(H,21,23)/t10-,11-/m1/s1. The van der Waals surface area contributed by atoms with E-state index in [0.29, 0.717) is 18.5 Å². The predicted octanol–water partition coefficient (Wildman–Crippen LogP) is 2.65. The van der Waals surface area contributed by atoms with Crippen LogP contribution in [0.5, 0.6) is 0 Å². The Hall–Kier alpha value is -2.12. The van der Waals surface area contributed by atoms with Crippen LogP contribution in [0.15, 0.2) is 18.2 Å². The number of anilines is 1. The van der Waals surface area contributed by atoms with Crippen molar-refractivity contribution in [2.24, 2.45) is 11.8 Å². The summed E-state index contributed by atoms with van der Waals surface area (Å²) in [4.78, 5) is 49.5. The van der Waals surface area contributed by atoms with E-state index in [0.717, 1.165) is 17.7 Å². The lowest BCUT2D eigenvalue weighted by atomic mass is 9.81. The van der Waals surface area contributed by atoms with Crippen molar-refractivity contribution in [3.63, 3.8) is 0 Å². The number of hydrogen-bond acceptors (Lipinski definition) is 5. The molecule has 1 N–H and O–H groups in total. The molecule has 3 amide bonds. The number of rotatable bonds is 5. The fourth-order valence-electron chi connectivity index (χ4n) is 3.49. The molecule has 1 saturated heterocycles. The zero-order valence-electron chi connectivity index (χ0n) is 14.4. The van der Waals surface area contributed by atoms with Crippen LogP contribution in [-0.4, -0.2) is 41.7 Å². The van der Waals surface area contributed by atoms with E-state index in [4.69, 9.17) is 27.9 Å². The van der Waals surface area contributed by atoms with Gasteiger partial charge in [-0.3, -0.25) is 24.1 Å². The van der Waals surface area contributed by atoms with Gasteiger partial charge in [0, 0.05) is 0 Å². The van der Waals surface area contributed by atoms with Crippen LogP contribution in [-0.2, 0) is 23.9 Å². The van der Waals surface area contributed by atoms with Crippen molar-refractivity contribution in [3.05, 3.63) is 28.2 Å². The molecule has 1 aromatic carbocycles. The third-order valence-corrected chi connectivity index (χ3v) is 5.63. The van der Waals surface area contributed by atoms with Gasteiger partial charge in [0.15, 0.2) is 6.61 Å². The maximum atomic E-state index is 12.3. The number of likely N-dealkylation sites (tertiary alicyclic amines) is 1. The molecule has 2 fully saturated rings. The minimum absolute atomic E-state index is 0.176. The van der Waals surface area contributed by atoms with Crippen molar-refractivity contribution in [2.45, 2.75) is 25.7 Å². The normalized spacial score (nSPS) is 21.8. The van der Waals surface area contributed by atoms with Gasteiger partial charge >= 0.3 is 5.97 Å². The van der Waals surface area contributed by atoms with Crippen LogP contribution in [0, 0.1) is 11.8 Å². The minimum Gasteiger partial charge on any atom is -0.454 e. The zero-order chi connectivity index (χ0) is 19.6. The van der Waals surface area contributed by atoms with Gasteiger partial charge in [0.2, 0.25) is 11.8 Å². The summed E-state index contributed by atoms with van der Waals surface area (Å²) in [5.74, 6) is -2.73. The highest BCUT2D eigenvalue weighted by Gasteiger charge is 2.48. The lowest BCUT2D eigenvalue weighted by Gasteiger charge is -2.19. The number of imide groups is 1. The molecule has 144 valence electrons. The van der Waals surface area contributed by atoms with Gasteiger partial charge < -0.3 is 10.1 Å². The van der Waals surface area contributed by atoms with E-state index in [1.165, 1.54) is 0 Å². The highest BCUT2D eigenvalue weighted by molar-refractivity contribution is 6.44. The van der Waals surface area contributed by atoms with E-state index in [1.807, 2.05) is 0 Å².